The molecule has 1 aromatic carbocycles. The van der Waals surface area contributed by atoms with Crippen LogP contribution in [0.4, 0.5) is 0 Å². The summed E-state index contributed by atoms with van der Waals surface area (Å²) in [6, 6.07) is 15.2. The molecule has 0 radical (unpaired) electrons. The summed E-state index contributed by atoms with van der Waals surface area (Å²) in [5.41, 5.74) is 4.19. The van der Waals surface area contributed by atoms with Gasteiger partial charge in [0, 0.05) is 34.3 Å². The molecule has 4 aromatic rings. The van der Waals surface area contributed by atoms with Crippen molar-refractivity contribution in [3.8, 4) is 17.1 Å². The third-order valence-corrected chi connectivity index (χ3v) is 5.58. The average molecular weight is 509 g/mol. The Morgan fingerprint density at radius 1 is 1.19 bits per heavy atom. The third-order valence-electron chi connectivity index (χ3n) is 4.12. The number of hydrogen-bond donors (Lipinski definition) is 1. The number of carbonyl (C=O) groups is 1. The number of hydrogen-bond acceptors (Lipinski definition) is 7. The molecule has 8 nitrogen and oxygen atoms in total. The molecular formula is C22H17BrN6O2S. The van der Waals surface area contributed by atoms with Crippen molar-refractivity contribution >= 4 is 45.9 Å². The number of furan rings is 1. The normalized spacial score (nSPS) is 11.4. The second-order valence-electron chi connectivity index (χ2n) is 6.34. The molecule has 1 N–H and O–H groups in total. The summed E-state index contributed by atoms with van der Waals surface area (Å²) in [7, 11) is 0. The summed E-state index contributed by atoms with van der Waals surface area (Å²) < 4.78 is 8.04. The highest BCUT2D eigenvalue weighted by Crippen LogP contribution is 2.28. The Morgan fingerprint density at radius 3 is 2.81 bits per heavy atom. The van der Waals surface area contributed by atoms with E-state index < -0.39 is 0 Å². The van der Waals surface area contributed by atoms with Crippen LogP contribution in [0.25, 0.3) is 23.2 Å². The van der Waals surface area contributed by atoms with Crippen LogP contribution in [0.2, 0.25) is 0 Å². The van der Waals surface area contributed by atoms with E-state index in [9.17, 15) is 4.79 Å². The first-order valence-corrected chi connectivity index (χ1v) is 11.3. The SMILES string of the molecule is O=C(CSc1nnc(-c2cccnc2)n1-c1ccc(Br)cc1)NN=CC=Cc1ccco1. The zero-order valence-corrected chi connectivity index (χ0v) is 19.0. The van der Waals surface area contributed by atoms with Gasteiger partial charge in [-0.1, -0.05) is 27.7 Å². The summed E-state index contributed by atoms with van der Waals surface area (Å²) >= 11 is 4.72. The van der Waals surface area contributed by atoms with Gasteiger partial charge in [0.15, 0.2) is 11.0 Å². The first-order valence-electron chi connectivity index (χ1n) is 9.47. The molecule has 3 heterocycles. The van der Waals surface area contributed by atoms with Gasteiger partial charge in [0.05, 0.1) is 12.0 Å². The zero-order valence-electron chi connectivity index (χ0n) is 16.6. The number of allylic oxidation sites excluding steroid dienone is 1. The Balaban J connectivity index is 1.45. The fourth-order valence-electron chi connectivity index (χ4n) is 2.71. The lowest BCUT2D eigenvalue weighted by atomic mass is 10.2. The van der Waals surface area contributed by atoms with E-state index in [1.807, 2.05) is 47.0 Å². The number of aromatic nitrogens is 4. The van der Waals surface area contributed by atoms with Crippen molar-refractivity contribution in [3.05, 3.63) is 83.5 Å². The van der Waals surface area contributed by atoms with Crippen LogP contribution in [0.1, 0.15) is 5.76 Å². The minimum absolute atomic E-state index is 0.126. The van der Waals surface area contributed by atoms with Crippen LogP contribution in [-0.2, 0) is 4.79 Å². The molecule has 0 aliphatic rings. The van der Waals surface area contributed by atoms with E-state index >= 15 is 0 Å². The van der Waals surface area contributed by atoms with Gasteiger partial charge >= 0.3 is 0 Å². The largest absolute Gasteiger partial charge is 0.465 e. The van der Waals surface area contributed by atoms with E-state index in [1.54, 1.807) is 36.9 Å². The molecule has 0 spiro atoms. The standard InChI is InChI=1S/C22H17BrN6O2S/c23-17-7-9-18(10-8-17)29-21(16-4-1-11-24-14-16)27-28-22(29)32-15-20(30)26-25-12-2-5-19-6-3-13-31-19/h1-14H,15H2,(H,26,30). The Labute approximate surface area is 196 Å². The molecule has 0 saturated heterocycles. The van der Waals surface area contributed by atoms with Crippen LogP contribution in [-0.4, -0.2) is 37.6 Å². The van der Waals surface area contributed by atoms with E-state index in [4.69, 9.17) is 4.42 Å². The lowest BCUT2D eigenvalue weighted by Gasteiger charge is -2.10. The third kappa shape index (κ3) is 5.59. The van der Waals surface area contributed by atoms with E-state index in [0.29, 0.717) is 16.7 Å². The minimum atomic E-state index is -0.258. The van der Waals surface area contributed by atoms with Crippen molar-refractivity contribution in [1.82, 2.24) is 25.2 Å². The number of carbonyl (C=O) groups excluding carboxylic acids is 1. The van der Waals surface area contributed by atoms with Crippen LogP contribution in [0, 0.1) is 0 Å². The molecule has 0 aliphatic carbocycles. The molecular weight excluding hydrogens is 492 g/mol. The number of thioether (sulfide) groups is 1. The van der Waals surface area contributed by atoms with Crippen molar-refractivity contribution in [2.45, 2.75) is 5.16 Å². The number of benzene rings is 1. The summed E-state index contributed by atoms with van der Waals surface area (Å²) in [5, 5.41) is 13.1. The fourth-order valence-corrected chi connectivity index (χ4v) is 3.72. The molecule has 0 unspecified atom stereocenters. The molecule has 3 aromatic heterocycles. The number of nitrogens with zero attached hydrogens (tertiary/aromatic N) is 5. The van der Waals surface area contributed by atoms with Crippen LogP contribution >= 0.6 is 27.7 Å². The van der Waals surface area contributed by atoms with Crippen molar-refractivity contribution in [1.29, 1.82) is 0 Å². The number of hydrazone groups is 1. The quantitative estimate of drug-likeness (QED) is 0.212. The van der Waals surface area contributed by atoms with Crippen LogP contribution in [0.15, 0.2) is 92.4 Å². The molecule has 4 rings (SSSR count). The second-order valence-corrected chi connectivity index (χ2v) is 8.19. The number of rotatable bonds is 8. The van der Waals surface area contributed by atoms with E-state index in [2.05, 4.69) is 41.6 Å². The van der Waals surface area contributed by atoms with Crippen molar-refractivity contribution < 1.29 is 9.21 Å². The van der Waals surface area contributed by atoms with E-state index in [1.165, 1.54) is 18.0 Å². The van der Waals surface area contributed by atoms with Gasteiger partial charge in [0.25, 0.3) is 5.91 Å². The van der Waals surface area contributed by atoms with Crippen molar-refractivity contribution in [2.24, 2.45) is 5.10 Å². The highest BCUT2D eigenvalue weighted by atomic mass is 79.9. The summed E-state index contributed by atoms with van der Waals surface area (Å²) in [4.78, 5) is 16.4. The maximum atomic E-state index is 12.2. The van der Waals surface area contributed by atoms with Crippen LogP contribution in [0.3, 0.4) is 0 Å². The van der Waals surface area contributed by atoms with Gasteiger partial charge in [-0.15, -0.1) is 10.2 Å². The smallest absolute Gasteiger partial charge is 0.250 e. The molecule has 32 heavy (non-hydrogen) atoms. The summed E-state index contributed by atoms with van der Waals surface area (Å²) in [5.74, 6) is 1.21. The highest BCUT2D eigenvalue weighted by molar-refractivity contribution is 9.10. The molecule has 0 fully saturated rings. The lowest BCUT2D eigenvalue weighted by molar-refractivity contribution is -0.118. The van der Waals surface area contributed by atoms with E-state index in [0.717, 1.165) is 15.7 Å². The minimum Gasteiger partial charge on any atom is -0.465 e. The van der Waals surface area contributed by atoms with Gasteiger partial charge in [-0.2, -0.15) is 5.10 Å². The van der Waals surface area contributed by atoms with E-state index in [-0.39, 0.29) is 11.7 Å². The zero-order chi connectivity index (χ0) is 22.2. The monoisotopic (exact) mass is 508 g/mol. The Hall–Kier alpha value is -3.50. The maximum absolute atomic E-state index is 12.2. The second kappa shape index (κ2) is 10.7. The van der Waals surface area contributed by atoms with Gasteiger partial charge in [-0.25, -0.2) is 5.43 Å². The van der Waals surface area contributed by atoms with Gasteiger partial charge in [-0.05, 0) is 60.7 Å². The maximum Gasteiger partial charge on any atom is 0.250 e. The number of halogens is 1. The number of nitrogens with one attached hydrogen (secondary N) is 1. The molecule has 0 atom stereocenters. The Kier molecular flexibility index (Phi) is 7.26. The predicted octanol–water partition coefficient (Wildman–Crippen LogP) is 4.59. The van der Waals surface area contributed by atoms with Gasteiger partial charge in [0.1, 0.15) is 5.76 Å². The predicted molar refractivity (Wildman–Crippen MR) is 127 cm³/mol. The first kappa shape index (κ1) is 21.7. The molecule has 0 saturated carbocycles. The van der Waals surface area contributed by atoms with Crippen LogP contribution < -0.4 is 5.43 Å². The van der Waals surface area contributed by atoms with Gasteiger partial charge in [-0.3, -0.25) is 14.3 Å². The number of pyridine rings is 1. The summed E-state index contributed by atoms with van der Waals surface area (Å²) in [6.45, 7) is 0. The molecule has 0 bridgehead atoms. The topological polar surface area (TPSA) is 98.2 Å². The summed E-state index contributed by atoms with van der Waals surface area (Å²) in [6.07, 6.45) is 9.92. The van der Waals surface area contributed by atoms with Crippen LogP contribution in [0.5, 0.6) is 0 Å². The number of amides is 1. The van der Waals surface area contributed by atoms with Crippen molar-refractivity contribution in [3.63, 3.8) is 0 Å². The Morgan fingerprint density at radius 2 is 2.06 bits per heavy atom. The molecule has 160 valence electrons. The lowest BCUT2D eigenvalue weighted by Crippen LogP contribution is -2.19. The molecule has 0 aliphatic heterocycles. The fraction of sp³-hybridized carbons (Fsp3) is 0.0455. The molecule has 1 amide bonds. The van der Waals surface area contributed by atoms with Gasteiger partial charge in [0.2, 0.25) is 0 Å². The highest BCUT2D eigenvalue weighted by Gasteiger charge is 2.17. The van der Waals surface area contributed by atoms with Crippen molar-refractivity contribution in [2.75, 3.05) is 5.75 Å². The van der Waals surface area contributed by atoms with Gasteiger partial charge < -0.3 is 4.42 Å². The average Bonchev–Trinajstić information content (AvgIpc) is 3.49. The molecule has 10 heteroatoms. The Bertz CT molecular complexity index is 1220. The first-order chi connectivity index (χ1) is 15.7.